The summed E-state index contributed by atoms with van der Waals surface area (Å²) in [6.45, 7) is 0.614. The van der Waals surface area contributed by atoms with Crippen LogP contribution in [0, 0.1) is 11.6 Å². The zero-order valence-electron chi connectivity index (χ0n) is 18.9. The normalized spacial score (nSPS) is 20.0. The van der Waals surface area contributed by atoms with Gasteiger partial charge in [0.15, 0.2) is 0 Å². The molecule has 1 saturated heterocycles. The molecular formula is C23H27F2N5O4. The molecule has 1 atom stereocenters. The van der Waals surface area contributed by atoms with Crippen LogP contribution in [0.3, 0.4) is 0 Å². The summed E-state index contributed by atoms with van der Waals surface area (Å²) < 4.78 is 29.1. The summed E-state index contributed by atoms with van der Waals surface area (Å²) in [6, 6.07) is 1.87. The van der Waals surface area contributed by atoms with E-state index in [1.165, 1.54) is 4.90 Å². The lowest BCUT2D eigenvalue weighted by Gasteiger charge is -2.39. The summed E-state index contributed by atoms with van der Waals surface area (Å²) in [7, 11) is 1.89. The molecule has 182 valence electrons. The Kier molecular flexibility index (Phi) is 5.56. The summed E-state index contributed by atoms with van der Waals surface area (Å²) in [5, 5.41) is 19.2. The van der Waals surface area contributed by atoms with E-state index < -0.39 is 35.7 Å². The fourth-order valence-corrected chi connectivity index (χ4v) is 5.50. The molecule has 1 amide bonds. The van der Waals surface area contributed by atoms with E-state index in [2.05, 4.69) is 9.97 Å². The van der Waals surface area contributed by atoms with Crippen LogP contribution in [0.15, 0.2) is 16.9 Å². The van der Waals surface area contributed by atoms with Crippen LogP contribution >= 0.6 is 0 Å². The number of nitrogens with one attached hydrogen (secondary N) is 1. The number of carbonyl (C=O) groups excluding carboxylic acids is 1. The Morgan fingerprint density at radius 2 is 1.94 bits per heavy atom. The topological polar surface area (TPSA) is 113 Å². The highest BCUT2D eigenvalue weighted by Gasteiger charge is 2.54. The summed E-state index contributed by atoms with van der Waals surface area (Å²) in [4.78, 5) is 38.7. The lowest BCUT2D eigenvalue weighted by Crippen LogP contribution is -2.51. The molecule has 0 saturated carbocycles. The monoisotopic (exact) mass is 475 g/mol. The van der Waals surface area contributed by atoms with Gasteiger partial charge in [0.25, 0.3) is 5.56 Å². The maximum absolute atomic E-state index is 15.0. The van der Waals surface area contributed by atoms with Gasteiger partial charge < -0.3 is 24.9 Å². The van der Waals surface area contributed by atoms with Crippen LogP contribution in [-0.2, 0) is 16.6 Å². The molecule has 3 aliphatic rings. The number of aromatic nitrogens is 2. The van der Waals surface area contributed by atoms with Gasteiger partial charge >= 0.3 is 0 Å². The molecule has 1 spiro atoms. The number of β-amino-alcohol motifs (C(OH)–C–C–N with tert-alkyl or cyclic N) is 1. The largest absolute Gasteiger partial charge is 0.394 e. The van der Waals surface area contributed by atoms with Crippen molar-refractivity contribution >= 4 is 23.4 Å². The van der Waals surface area contributed by atoms with E-state index in [0.717, 1.165) is 25.1 Å². The summed E-state index contributed by atoms with van der Waals surface area (Å²) >= 11 is 0. The van der Waals surface area contributed by atoms with Crippen molar-refractivity contribution in [3.63, 3.8) is 0 Å². The van der Waals surface area contributed by atoms with Crippen LogP contribution in [-0.4, -0.2) is 72.0 Å². The first-order valence-corrected chi connectivity index (χ1v) is 11.4. The molecule has 0 aliphatic carbocycles. The molecule has 1 aromatic carbocycles. The number of nitrogens with zero attached hydrogens (tertiary/aromatic N) is 4. The predicted molar refractivity (Wildman–Crippen MR) is 121 cm³/mol. The van der Waals surface area contributed by atoms with Gasteiger partial charge in [-0.15, -0.1) is 0 Å². The van der Waals surface area contributed by atoms with E-state index in [1.807, 2.05) is 16.8 Å². The van der Waals surface area contributed by atoms with Crippen LogP contribution in [0.4, 0.5) is 26.2 Å². The first-order chi connectivity index (χ1) is 16.2. The van der Waals surface area contributed by atoms with Gasteiger partial charge in [0.2, 0.25) is 11.9 Å². The lowest BCUT2D eigenvalue weighted by molar-refractivity contribution is -0.124. The van der Waals surface area contributed by atoms with Crippen molar-refractivity contribution in [2.24, 2.45) is 0 Å². The number of aromatic amines is 1. The van der Waals surface area contributed by atoms with Gasteiger partial charge in [-0.3, -0.25) is 14.6 Å². The smallest absolute Gasteiger partial charge is 0.257 e. The van der Waals surface area contributed by atoms with E-state index in [9.17, 15) is 24.2 Å². The Bertz CT molecular complexity index is 1190. The number of hydrogen-bond acceptors (Lipinski definition) is 7. The third kappa shape index (κ3) is 3.45. The van der Waals surface area contributed by atoms with Crippen molar-refractivity contribution < 1.29 is 23.8 Å². The summed E-state index contributed by atoms with van der Waals surface area (Å²) in [5.74, 6) is -0.990. The molecule has 1 unspecified atom stereocenters. The number of rotatable bonds is 4. The molecule has 3 aliphatic heterocycles. The fourth-order valence-electron chi connectivity index (χ4n) is 5.50. The number of amides is 1. The summed E-state index contributed by atoms with van der Waals surface area (Å²) in [5.41, 5.74) is -0.530. The van der Waals surface area contributed by atoms with E-state index in [0.29, 0.717) is 36.8 Å². The third-order valence-corrected chi connectivity index (χ3v) is 7.24. The average molecular weight is 475 g/mol. The van der Waals surface area contributed by atoms with Gasteiger partial charge in [-0.2, -0.15) is 4.98 Å². The van der Waals surface area contributed by atoms with Gasteiger partial charge in [0.05, 0.1) is 35.9 Å². The van der Waals surface area contributed by atoms with Crippen LogP contribution in [0.1, 0.15) is 30.4 Å². The molecule has 3 N–H and O–H groups in total. The average Bonchev–Trinajstić information content (AvgIpc) is 3.02. The zero-order valence-corrected chi connectivity index (χ0v) is 18.9. The number of halogens is 2. The Hall–Kier alpha value is -3.05. The van der Waals surface area contributed by atoms with Gasteiger partial charge in [-0.25, -0.2) is 8.78 Å². The minimum atomic E-state index is -1.24. The number of hydrogen-bond donors (Lipinski definition) is 3. The van der Waals surface area contributed by atoms with Gasteiger partial charge in [-0.05, 0) is 31.7 Å². The minimum absolute atomic E-state index is 0.0883. The molecule has 34 heavy (non-hydrogen) atoms. The molecule has 11 heteroatoms. The summed E-state index contributed by atoms with van der Waals surface area (Å²) in [6.07, 6.45) is 0.768. The van der Waals surface area contributed by atoms with Crippen LogP contribution in [0.25, 0.3) is 0 Å². The first-order valence-electron chi connectivity index (χ1n) is 11.4. The Labute approximate surface area is 194 Å². The van der Waals surface area contributed by atoms with E-state index in [-0.39, 0.29) is 36.2 Å². The molecule has 0 bridgehead atoms. The Morgan fingerprint density at radius 1 is 1.21 bits per heavy atom. The van der Waals surface area contributed by atoms with Crippen LogP contribution in [0.5, 0.6) is 0 Å². The second kappa shape index (κ2) is 8.31. The molecule has 4 heterocycles. The van der Waals surface area contributed by atoms with Crippen LogP contribution in [0.2, 0.25) is 0 Å². The van der Waals surface area contributed by atoms with E-state index in [4.69, 9.17) is 0 Å². The molecule has 0 radical (unpaired) electrons. The highest BCUT2D eigenvalue weighted by molar-refractivity contribution is 6.08. The van der Waals surface area contributed by atoms with Crippen molar-refractivity contribution in [3.05, 3.63) is 45.2 Å². The van der Waals surface area contributed by atoms with Crippen molar-refractivity contribution in [2.45, 2.75) is 37.2 Å². The van der Waals surface area contributed by atoms with Crippen molar-refractivity contribution in [1.82, 2.24) is 9.97 Å². The lowest BCUT2D eigenvalue weighted by atomic mass is 9.73. The standard InChI is InChI=1S/C23H27F2N5O4/c1-28-6-2-3-15-19(28)26-22(27-20(15)33)29-7-4-23(5-8-29)18-16(25)9-13(24)10-17(18)30(21(23)34)11-14(32)12-31/h9-10,14,31-32H,2-8,11-12H2,1H3,(H,26,27,33). The van der Waals surface area contributed by atoms with Crippen molar-refractivity contribution in [1.29, 1.82) is 0 Å². The van der Waals surface area contributed by atoms with Gasteiger partial charge in [0.1, 0.15) is 17.5 Å². The number of piperidine rings is 1. The molecule has 5 rings (SSSR count). The first kappa shape index (κ1) is 22.7. The van der Waals surface area contributed by atoms with Gasteiger partial charge in [0, 0.05) is 38.3 Å². The van der Waals surface area contributed by atoms with Gasteiger partial charge in [-0.1, -0.05) is 0 Å². The number of anilines is 3. The predicted octanol–water partition coefficient (Wildman–Crippen LogP) is 0.669. The third-order valence-electron chi connectivity index (χ3n) is 7.24. The molecular weight excluding hydrogens is 448 g/mol. The molecule has 2 aromatic rings. The number of aliphatic hydroxyl groups excluding tert-OH is 2. The number of aliphatic hydroxyl groups is 2. The molecule has 1 aromatic heterocycles. The zero-order chi connectivity index (χ0) is 24.2. The highest BCUT2D eigenvalue weighted by atomic mass is 19.1. The fraction of sp³-hybridized carbons (Fsp3) is 0.522. The Balaban J connectivity index is 1.47. The van der Waals surface area contributed by atoms with E-state index in [1.54, 1.807) is 0 Å². The van der Waals surface area contributed by atoms with E-state index >= 15 is 4.39 Å². The number of H-pyrrole nitrogens is 1. The highest BCUT2D eigenvalue weighted by Crippen LogP contribution is 2.49. The Morgan fingerprint density at radius 3 is 2.65 bits per heavy atom. The second-order valence-corrected chi connectivity index (χ2v) is 9.32. The number of fused-ring (bicyclic) bond motifs is 3. The minimum Gasteiger partial charge on any atom is -0.394 e. The second-order valence-electron chi connectivity index (χ2n) is 9.32. The molecule has 9 nitrogen and oxygen atoms in total. The number of carbonyl (C=O) groups is 1. The van der Waals surface area contributed by atoms with Crippen LogP contribution < -0.4 is 20.3 Å². The molecule has 1 fully saturated rings. The van der Waals surface area contributed by atoms with Crippen molar-refractivity contribution in [2.75, 3.05) is 54.5 Å². The maximum atomic E-state index is 15.0. The SMILES string of the molecule is CN1CCCc2c1nc(N1CCC3(CC1)C(=O)N(CC(O)CO)c1cc(F)cc(F)c13)[nH]c2=O. The quantitative estimate of drug-likeness (QED) is 0.596. The number of benzene rings is 1. The maximum Gasteiger partial charge on any atom is 0.257 e. The van der Waals surface area contributed by atoms with Crippen molar-refractivity contribution in [3.8, 4) is 0 Å².